The number of carbonyl (C=O) groups excluding carboxylic acids is 2. The van der Waals surface area contributed by atoms with Gasteiger partial charge in [0.1, 0.15) is 5.69 Å². The van der Waals surface area contributed by atoms with Crippen LogP contribution in [0, 0.1) is 17.8 Å². The van der Waals surface area contributed by atoms with Crippen LogP contribution in [0.5, 0.6) is 0 Å². The highest BCUT2D eigenvalue weighted by Gasteiger charge is 2.57. The molecule has 3 heterocycles. The fraction of sp³-hybridized carbons (Fsp3) is 0.621. The summed E-state index contributed by atoms with van der Waals surface area (Å²) in [7, 11) is 0. The van der Waals surface area contributed by atoms with Crippen LogP contribution in [0.15, 0.2) is 30.7 Å². The molecule has 13 heteroatoms. The molecule has 6 rings (SSSR count). The standard InChI is InChI=1S/C29H35F4N7O2/c1-16(2)40-22(7-10-34-40)27(42)38-26(18-5-8-28(30,31)9-6-18)21-15-39-23(36-21)11-19(14-35-39)25(17-3-4-17)37-24(41)12-20-13-29(20,32)33/h7,10-11,14-18,20,25-26H,3-6,8-9,12-13H2,1-2H3,(H,37,41)(H,38,42)/t20-,25-,26-/m0/s1. The van der Waals surface area contributed by atoms with E-state index in [1.807, 2.05) is 13.8 Å². The summed E-state index contributed by atoms with van der Waals surface area (Å²) in [5.41, 5.74) is 2.06. The predicted molar refractivity (Wildman–Crippen MR) is 144 cm³/mol. The molecule has 0 spiro atoms. The molecule has 3 aliphatic carbocycles. The second-order valence-electron chi connectivity index (χ2n) is 12.4. The van der Waals surface area contributed by atoms with E-state index in [0.717, 1.165) is 18.4 Å². The summed E-state index contributed by atoms with van der Waals surface area (Å²) < 4.78 is 57.9. The summed E-state index contributed by atoms with van der Waals surface area (Å²) in [6, 6.07) is 2.37. The van der Waals surface area contributed by atoms with Gasteiger partial charge in [-0.3, -0.25) is 14.3 Å². The fourth-order valence-corrected chi connectivity index (χ4v) is 6.03. The van der Waals surface area contributed by atoms with E-state index in [1.54, 1.807) is 39.9 Å². The molecule has 0 bridgehead atoms. The third kappa shape index (κ3) is 6.00. The molecule has 2 amide bonds. The summed E-state index contributed by atoms with van der Waals surface area (Å²) in [5.74, 6) is -7.23. The number of hydrogen-bond donors (Lipinski definition) is 2. The lowest BCUT2D eigenvalue weighted by Gasteiger charge is -2.33. The minimum atomic E-state index is -2.76. The second kappa shape index (κ2) is 10.6. The Bertz CT molecular complexity index is 1470. The molecular weight excluding hydrogens is 554 g/mol. The Labute approximate surface area is 240 Å². The minimum Gasteiger partial charge on any atom is -0.349 e. The molecule has 3 aliphatic rings. The first-order valence-electron chi connectivity index (χ1n) is 14.6. The van der Waals surface area contributed by atoms with Crippen LogP contribution in [0.4, 0.5) is 17.6 Å². The first-order valence-corrected chi connectivity index (χ1v) is 14.6. The van der Waals surface area contributed by atoms with Crippen molar-refractivity contribution in [1.29, 1.82) is 0 Å². The molecule has 0 aliphatic heterocycles. The summed E-state index contributed by atoms with van der Waals surface area (Å²) in [4.78, 5) is 30.7. The van der Waals surface area contributed by atoms with Crippen LogP contribution >= 0.6 is 0 Å². The number of nitrogens with one attached hydrogen (secondary N) is 2. The highest BCUT2D eigenvalue weighted by molar-refractivity contribution is 5.92. The van der Waals surface area contributed by atoms with Crippen LogP contribution in [0.25, 0.3) is 5.65 Å². The zero-order chi connectivity index (χ0) is 29.8. The van der Waals surface area contributed by atoms with Crippen molar-refractivity contribution < 1.29 is 27.2 Å². The minimum absolute atomic E-state index is 0.0499. The van der Waals surface area contributed by atoms with Crippen molar-refractivity contribution in [2.24, 2.45) is 17.8 Å². The van der Waals surface area contributed by atoms with Gasteiger partial charge in [-0.25, -0.2) is 27.1 Å². The van der Waals surface area contributed by atoms with Gasteiger partial charge in [-0.2, -0.15) is 10.2 Å². The molecule has 3 saturated carbocycles. The molecule has 0 aromatic carbocycles. The first kappa shape index (κ1) is 28.6. The van der Waals surface area contributed by atoms with Gasteiger partial charge in [0.05, 0.1) is 30.2 Å². The number of rotatable bonds is 10. The largest absolute Gasteiger partial charge is 0.349 e. The molecule has 0 radical (unpaired) electrons. The van der Waals surface area contributed by atoms with Crippen molar-refractivity contribution in [3.05, 3.63) is 47.7 Å². The van der Waals surface area contributed by atoms with Crippen molar-refractivity contribution in [2.75, 3.05) is 0 Å². The van der Waals surface area contributed by atoms with Crippen LogP contribution in [0.3, 0.4) is 0 Å². The number of aromatic nitrogens is 5. The lowest BCUT2D eigenvalue weighted by atomic mass is 9.81. The summed E-state index contributed by atoms with van der Waals surface area (Å²) in [6.07, 6.45) is 6.14. The quantitative estimate of drug-likeness (QED) is 0.308. The molecule has 3 fully saturated rings. The van der Waals surface area contributed by atoms with E-state index in [9.17, 15) is 27.2 Å². The fourth-order valence-electron chi connectivity index (χ4n) is 6.03. The maximum Gasteiger partial charge on any atom is 0.270 e. The Morgan fingerprint density at radius 3 is 2.36 bits per heavy atom. The third-order valence-electron chi connectivity index (χ3n) is 8.75. The topological polar surface area (TPSA) is 106 Å². The molecule has 9 nitrogen and oxygen atoms in total. The van der Waals surface area contributed by atoms with Gasteiger partial charge in [0.15, 0.2) is 5.65 Å². The van der Waals surface area contributed by atoms with Crippen LogP contribution in [-0.4, -0.2) is 48.0 Å². The number of nitrogens with zero attached hydrogens (tertiary/aromatic N) is 5. The summed E-state index contributed by atoms with van der Waals surface area (Å²) in [6.45, 7) is 3.82. The Morgan fingerprint density at radius 1 is 1.02 bits per heavy atom. The maximum atomic E-state index is 14.0. The van der Waals surface area contributed by atoms with E-state index in [-0.39, 0.29) is 68.4 Å². The molecule has 2 N–H and O–H groups in total. The van der Waals surface area contributed by atoms with Crippen LogP contribution in [0.2, 0.25) is 0 Å². The van der Waals surface area contributed by atoms with Gasteiger partial charge in [0.2, 0.25) is 11.8 Å². The monoisotopic (exact) mass is 589 g/mol. The molecule has 3 aromatic heterocycles. The molecule has 226 valence electrons. The van der Waals surface area contributed by atoms with E-state index in [4.69, 9.17) is 4.98 Å². The van der Waals surface area contributed by atoms with Crippen LogP contribution in [0.1, 0.15) is 105 Å². The zero-order valence-corrected chi connectivity index (χ0v) is 23.6. The van der Waals surface area contributed by atoms with Crippen molar-refractivity contribution in [3.8, 4) is 0 Å². The molecule has 0 unspecified atom stereocenters. The number of imidazole rings is 1. The third-order valence-corrected chi connectivity index (χ3v) is 8.75. The Kier molecular flexibility index (Phi) is 7.25. The van der Waals surface area contributed by atoms with Gasteiger partial charge in [0.25, 0.3) is 11.8 Å². The number of hydrogen-bond acceptors (Lipinski definition) is 5. The first-order chi connectivity index (χ1) is 19.9. The zero-order valence-electron chi connectivity index (χ0n) is 23.6. The van der Waals surface area contributed by atoms with E-state index in [1.165, 1.54) is 0 Å². The molecule has 3 aromatic rings. The van der Waals surface area contributed by atoms with Crippen molar-refractivity contribution in [1.82, 2.24) is 35.0 Å². The smallest absolute Gasteiger partial charge is 0.270 e. The Balaban J connectivity index is 1.25. The number of alkyl halides is 4. The van der Waals surface area contributed by atoms with Gasteiger partial charge < -0.3 is 10.6 Å². The summed E-state index contributed by atoms with van der Waals surface area (Å²) in [5, 5.41) is 14.7. The van der Waals surface area contributed by atoms with Gasteiger partial charge in [-0.1, -0.05) is 0 Å². The van der Waals surface area contributed by atoms with E-state index < -0.39 is 29.7 Å². The molecule has 0 saturated heterocycles. The molecule has 42 heavy (non-hydrogen) atoms. The number of halogens is 4. The highest BCUT2D eigenvalue weighted by Crippen LogP contribution is 2.51. The van der Waals surface area contributed by atoms with Gasteiger partial charge in [-0.15, -0.1) is 0 Å². The normalized spacial score (nSPS) is 23.1. The lowest BCUT2D eigenvalue weighted by molar-refractivity contribution is -0.123. The van der Waals surface area contributed by atoms with Crippen molar-refractivity contribution in [3.63, 3.8) is 0 Å². The van der Waals surface area contributed by atoms with Gasteiger partial charge >= 0.3 is 0 Å². The number of amides is 2. The summed E-state index contributed by atoms with van der Waals surface area (Å²) >= 11 is 0. The van der Waals surface area contributed by atoms with Gasteiger partial charge in [0, 0.05) is 43.8 Å². The number of carbonyl (C=O) groups is 2. The van der Waals surface area contributed by atoms with Crippen LogP contribution < -0.4 is 10.6 Å². The molecule has 3 atom stereocenters. The Hall–Kier alpha value is -3.51. The van der Waals surface area contributed by atoms with Crippen molar-refractivity contribution >= 4 is 17.5 Å². The highest BCUT2D eigenvalue weighted by atomic mass is 19.3. The number of fused-ring (bicyclic) bond motifs is 1. The van der Waals surface area contributed by atoms with E-state index in [0.29, 0.717) is 17.0 Å². The second-order valence-corrected chi connectivity index (χ2v) is 12.4. The lowest BCUT2D eigenvalue weighted by Crippen LogP contribution is -2.38. The van der Waals surface area contributed by atoms with E-state index >= 15 is 0 Å². The average molecular weight is 590 g/mol. The average Bonchev–Trinajstić information content (AvgIpc) is 3.72. The van der Waals surface area contributed by atoms with Gasteiger partial charge in [-0.05, 0) is 69.1 Å². The van der Waals surface area contributed by atoms with Crippen molar-refractivity contribution in [2.45, 2.75) is 95.2 Å². The van der Waals surface area contributed by atoms with Crippen LogP contribution in [-0.2, 0) is 4.79 Å². The Morgan fingerprint density at radius 2 is 1.71 bits per heavy atom. The molecular formula is C29H35F4N7O2. The maximum absolute atomic E-state index is 14.0. The van der Waals surface area contributed by atoms with E-state index in [2.05, 4.69) is 20.8 Å². The SMILES string of the molecule is CC(C)n1nccc1C(=O)N[C@H](c1cn2ncc([C@@H](NC(=O)C[C@H]3CC3(F)F)C3CC3)cc2n1)C1CCC(F)(F)CC1. The predicted octanol–water partition coefficient (Wildman–Crippen LogP) is 5.42.